The summed E-state index contributed by atoms with van der Waals surface area (Å²) in [6.07, 6.45) is 1.01. The van der Waals surface area contributed by atoms with Crippen molar-refractivity contribution in [2.75, 3.05) is 51.6 Å². The minimum atomic E-state index is 0.113. The Balaban J connectivity index is 1.31. The standard InChI is InChI=1S/C29H32N6O/c1-33-12-4-11-30-28-25-5-2-3-6-26(25)31-27(32-28)20-34-13-15-35(16-14-34)29(36)23-10-9-22-8-7-21(19-33)17-24(22)18-23/h2-3,5-10,17-18H,4,11-16,19-20H2,1H3,(H,30,31,32). The van der Waals surface area contributed by atoms with Gasteiger partial charge in [-0.2, -0.15) is 0 Å². The van der Waals surface area contributed by atoms with E-state index in [0.717, 1.165) is 72.6 Å². The van der Waals surface area contributed by atoms with Crippen molar-refractivity contribution in [2.24, 2.45) is 0 Å². The molecule has 184 valence electrons. The lowest BCUT2D eigenvalue weighted by Gasteiger charge is -2.34. The van der Waals surface area contributed by atoms with Gasteiger partial charge in [-0.05, 0) is 66.7 Å². The van der Waals surface area contributed by atoms with Gasteiger partial charge in [0.1, 0.15) is 11.6 Å². The van der Waals surface area contributed by atoms with Crippen LogP contribution in [0.15, 0.2) is 60.7 Å². The number of carbonyl (C=O) groups is 1. The molecule has 7 rings (SSSR count). The summed E-state index contributed by atoms with van der Waals surface area (Å²) >= 11 is 0. The molecule has 1 saturated heterocycles. The van der Waals surface area contributed by atoms with Crippen LogP contribution in [0, 0.1) is 0 Å². The van der Waals surface area contributed by atoms with Gasteiger partial charge in [0.25, 0.3) is 5.91 Å². The number of amides is 1. The van der Waals surface area contributed by atoms with Crippen molar-refractivity contribution in [1.82, 2.24) is 24.7 Å². The van der Waals surface area contributed by atoms with E-state index >= 15 is 0 Å². The number of para-hydroxylation sites is 1. The van der Waals surface area contributed by atoms with Gasteiger partial charge in [0, 0.05) is 50.2 Å². The Kier molecular flexibility index (Phi) is 6.25. The van der Waals surface area contributed by atoms with Crippen molar-refractivity contribution in [1.29, 1.82) is 0 Å². The summed E-state index contributed by atoms with van der Waals surface area (Å²) < 4.78 is 0. The van der Waals surface area contributed by atoms with E-state index in [1.807, 2.05) is 23.1 Å². The number of aromatic nitrogens is 2. The Labute approximate surface area is 211 Å². The Hall–Kier alpha value is -3.55. The number of carbonyl (C=O) groups excluding carboxylic acids is 1. The Morgan fingerprint density at radius 3 is 2.56 bits per heavy atom. The SMILES string of the molecule is CN1CCCNc2nc(nc3ccccc23)CN2CCN(CC2)C(=O)c2ccc3ccc(cc3c2)C1. The molecule has 3 aliphatic rings. The summed E-state index contributed by atoms with van der Waals surface area (Å²) in [6.45, 7) is 6.43. The third-order valence-corrected chi connectivity index (χ3v) is 7.29. The van der Waals surface area contributed by atoms with Crippen LogP contribution >= 0.6 is 0 Å². The quantitative estimate of drug-likeness (QED) is 0.411. The molecule has 4 heterocycles. The smallest absolute Gasteiger partial charge is 0.253 e. The molecule has 0 spiro atoms. The fraction of sp³-hybridized carbons (Fsp3) is 0.345. The third-order valence-electron chi connectivity index (χ3n) is 7.29. The molecule has 7 nitrogen and oxygen atoms in total. The second-order valence-corrected chi connectivity index (χ2v) is 9.99. The van der Waals surface area contributed by atoms with E-state index in [0.29, 0.717) is 19.6 Å². The van der Waals surface area contributed by atoms with Gasteiger partial charge in [0.2, 0.25) is 0 Å². The lowest BCUT2D eigenvalue weighted by molar-refractivity contribution is 0.0626. The molecule has 7 heteroatoms. The van der Waals surface area contributed by atoms with Gasteiger partial charge >= 0.3 is 0 Å². The first-order chi connectivity index (χ1) is 17.6. The zero-order chi connectivity index (χ0) is 24.5. The zero-order valence-corrected chi connectivity index (χ0v) is 20.8. The molecule has 3 aromatic carbocycles. The van der Waals surface area contributed by atoms with E-state index in [4.69, 9.17) is 9.97 Å². The maximum absolute atomic E-state index is 13.3. The van der Waals surface area contributed by atoms with Crippen molar-refractivity contribution in [3.05, 3.63) is 77.6 Å². The summed E-state index contributed by atoms with van der Waals surface area (Å²) in [4.78, 5) is 29.7. The van der Waals surface area contributed by atoms with Crippen molar-refractivity contribution in [3.8, 4) is 0 Å². The predicted octanol–water partition coefficient (Wildman–Crippen LogP) is 3.99. The summed E-state index contributed by atoms with van der Waals surface area (Å²) in [5.41, 5.74) is 3.00. The third kappa shape index (κ3) is 4.76. The molecule has 0 saturated carbocycles. The van der Waals surface area contributed by atoms with Gasteiger partial charge < -0.3 is 15.1 Å². The molecule has 3 aliphatic heterocycles. The minimum Gasteiger partial charge on any atom is -0.369 e. The van der Waals surface area contributed by atoms with E-state index in [2.05, 4.69) is 64.6 Å². The molecule has 1 fully saturated rings. The molecule has 0 aliphatic carbocycles. The number of anilines is 1. The van der Waals surface area contributed by atoms with Crippen molar-refractivity contribution >= 4 is 33.4 Å². The summed E-state index contributed by atoms with van der Waals surface area (Å²) in [5, 5.41) is 6.93. The second kappa shape index (κ2) is 9.84. The normalized spacial score (nSPS) is 18.2. The van der Waals surface area contributed by atoms with Crippen molar-refractivity contribution < 1.29 is 4.79 Å². The van der Waals surface area contributed by atoms with Gasteiger partial charge in [0.15, 0.2) is 0 Å². The van der Waals surface area contributed by atoms with Crippen LogP contribution in [-0.2, 0) is 13.1 Å². The van der Waals surface area contributed by atoms with Crippen LogP contribution in [0.5, 0.6) is 0 Å². The highest BCUT2D eigenvalue weighted by atomic mass is 16.2. The highest BCUT2D eigenvalue weighted by Crippen LogP contribution is 2.23. The van der Waals surface area contributed by atoms with Crippen molar-refractivity contribution in [2.45, 2.75) is 19.5 Å². The van der Waals surface area contributed by atoms with Gasteiger partial charge in [-0.1, -0.05) is 30.3 Å². The second-order valence-electron chi connectivity index (χ2n) is 9.99. The number of rotatable bonds is 0. The first-order valence-corrected chi connectivity index (χ1v) is 12.8. The Morgan fingerprint density at radius 2 is 1.67 bits per heavy atom. The number of hydrogen-bond acceptors (Lipinski definition) is 6. The van der Waals surface area contributed by atoms with Crippen LogP contribution in [-0.4, -0.2) is 76.9 Å². The van der Waals surface area contributed by atoms with E-state index in [9.17, 15) is 4.79 Å². The number of fused-ring (bicyclic) bond motifs is 8. The monoisotopic (exact) mass is 480 g/mol. The van der Waals surface area contributed by atoms with E-state index in [1.54, 1.807) is 0 Å². The van der Waals surface area contributed by atoms with Crippen molar-refractivity contribution in [3.63, 3.8) is 0 Å². The number of nitrogens with zero attached hydrogens (tertiary/aromatic N) is 5. The van der Waals surface area contributed by atoms with Crippen LogP contribution in [0.4, 0.5) is 5.82 Å². The highest BCUT2D eigenvalue weighted by molar-refractivity contribution is 5.98. The molecule has 0 radical (unpaired) electrons. The predicted molar refractivity (Wildman–Crippen MR) is 144 cm³/mol. The molecule has 0 atom stereocenters. The molecule has 0 unspecified atom stereocenters. The largest absolute Gasteiger partial charge is 0.369 e. The van der Waals surface area contributed by atoms with E-state index in [1.165, 1.54) is 10.9 Å². The molecule has 1 N–H and O–H groups in total. The summed E-state index contributed by atoms with van der Waals surface area (Å²) in [5.74, 6) is 1.85. The fourth-order valence-electron chi connectivity index (χ4n) is 5.30. The Morgan fingerprint density at radius 1 is 0.833 bits per heavy atom. The number of benzene rings is 3. The average Bonchev–Trinajstić information content (AvgIpc) is 2.90. The fourth-order valence-corrected chi connectivity index (χ4v) is 5.30. The number of nitrogens with one attached hydrogen (secondary N) is 1. The molecular weight excluding hydrogens is 448 g/mol. The number of hydrogen-bond donors (Lipinski definition) is 1. The minimum absolute atomic E-state index is 0.113. The first kappa shape index (κ1) is 22.9. The molecule has 1 aromatic heterocycles. The summed E-state index contributed by atoms with van der Waals surface area (Å²) in [7, 11) is 2.16. The van der Waals surface area contributed by atoms with Crippen LogP contribution in [0.25, 0.3) is 21.7 Å². The lowest BCUT2D eigenvalue weighted by Crippen LogP contribution is -2.48. The van der Waals surface area contributed by atoms with Crippen LogP contribution in [0.2, 0.25) is 0 Å². The maximum Gasteiger partial charge on any atom is 0.253 e. The molecular formula is C29H32N6O. The van der Waals surface area contributed by atoms with Crippen LogP contribution < -0.4 is 5.32 Å². The topological polar surface area (TPSA) is 64.6 Å². The first-order valence-electron chi connectivity index (χ1n) is 12.8. The van der Waals surface area contributed by atoms with Gasteiger partial charge in [-0.25, -0.2) is 9.97 Å². The summed E-state index contributed by atoms with van der Waals surface area (Å²) in [6, 6.07) is 20.9. The molecule has 1 amide bonds. The van der Waals surface area contributed by atoms with E-state index in [-0.39, 0.29) is 5.91 Å². The molecule has 7 bridgehead atoms. The number of piperazine rings is 1. The van der Waals surface area contributed by atoms with Gasteiger partial charge in [-0.15, -0.1) is 0 Å². The van der Waals surface area contributed by atoms with Crippen LogP contribution in [0.1, 0.15) is 28.2 Å². The van der Waals surface area contributed by atoms with Gasteiger partial charge in [0.05, 0.1) is 12.1 Å². The average molecular weight is 481 g/mol. The lowest BCUT2D eigenvalue weighted by atomic mass is 10.0. The molecule has 36 heavy (non-hydrogen) atoms. The Bertz CT molecular complexity index is 1410. The van der Waals surface area contributed by atoms with E-state index < -0.39 is 0 Å². The molecule has 4 aromatic rings. The van der Waals surface area contributed by atoms with Crippen LogP contribution in [0.3, 0.4) is 0 Å². The maximum atomic E-state index is 13.3. The zero-order valence-electron chi connectivity index (χ0n) is 20.8. The highest BCUT2D eigenvalue weighted by Gasteiger charge is 2.23. The van der Waals surface area contributed by atoms with Gasteiger partial charge in [-0.3, -0.25) is 9.69 Å².